The Hall–Kier alpha value is -1.11. The fraction of sp³-hybridized carbons (Fsp3) is 0.611. The van der Waals surface area contributed by atoms with Gasteiger partial charge in [-0.05, 0) is 44.4 Å². The molecule has 2 rings (SSSR count). The molecule has 1 heterocycles. The molecule has 1 amide bonds. The van der Waals surface area contributed by atoms with Crippen LogP contribution in [0.25, 0.3) is 0 Å². The summed E-state index contributed by atoms with van der Waals surface area (Å²) in [7, 11) is -3.60. The number of carbonyl (C=O) groups excluding carboxylic acids is 1. The average molecular weight is 387 g/mol. The Morgan fingerprint density at radius 3 is 2.48 bits per heavy atom. The lowest BCUT2D eigenvalue weighted by Crippen LogP contribution is -2.34. The minimum Gasteiger partial charge on any atom is -0.350 e. The molecule has 1 atom stereocenters. The molecule has 140 valence electrons. The Morgan fingerprint density at radius 1 is 1.24 bits per heavy atom. The van der Waals surface area contributed by atoms with Crippen molar-refractivity contribution in [2.24, 2.45) is 0 Å². The fourth-order valence-electron chi connectivity index (χ4n) is 3.08. The summed E-state index contributed by atoms with van der Waals surface area (Å²) in [5.74, 6) is -0.334. The smallest absolute Gasteiger partial charge is 0.253 e. The maximum Gasteiger partial charge on any atom is 0.253 e. The van der Waals surface area contributed by atoms with Gasteiger partial charge in [-0.1, -0.05) is 37.8 Å². The first-order valence-electron chi connectivity index (χ1n) is 8.97. The lowest BCUT2D eigenvalue weighted by molar-refractivity contribution is 0.0938. The van der Waals surface area contributed by atoms with Gasteiger partial charge in [0.1, 0.15) is 0 Å². The SMILES string of the molecule is CCCC(C)NC(=O)c1cc(S(=O)(=O)N2CCCCCC2)ccc1Cl. The van der Waals surface area contributed by atoms with E-state index in [9.17, 15) is 13.2 Å². The van der Waals surface area contributed by atoms with Gasteiger partial charge in [-0.15, -0.1) is 0 Å². The van der Waals surface area contributed by atoms with E-state index in [-0.39, 0.29) is 27.4 Å². The number of sulfonamides is 1. The molecule has 1 unspecified atom stereocenters. The lowest BCUT2D eigenvalue weighted by atomic mass is 10.1. The second-order valence-corrected chi connectivity index (χ2v) is 8.97. The van der Waals surface area contributed by atoms with Gasteiger partial charge in [-0.3, -0.25) is 4.79 Å². The number of benzene rings is 1. The summed E-state index contributed by atoms with van der Waals surface area (Å²) in [5, 5.41) is 3.13. The molecule has 7 heteroatoms. The van der Waals surface area contributed by atoms with Crippen LogP contribution in [0.5, 0.6) is 0 Å². The molecule has 5 nitrogen and oxygen atoms in total. The molecule has 1 N–H and O–H groups in total. The van der Waals surface area contributed by atoms with Crippen molar-refractivity contribution in [3.63, 3.8) is 0 Å². The Bertz CT molecular complexity index is 698. The zero-order chi connectivity index (χ0) is 18.4. The van der Waals surface area contributed by atoms with Crippen LogP contribution >= 0.6 is 11.6 Å². The van der Waals surface area contributed by atoms with Crippen LogP contribution in [0.15, 0.2) is 23.1 Å². The number of nitrogens with one attached hydrogen (secondary N) is 1. The highest BCUT2D eigenvalue weighted by Crippen LogP contribution is 2.25. The summed E-state index contributed by atoms with van der Waals surface area (Å²) in [6, 6.07) is 4.39. The third kappa shape index (κ3) is 5.19. The quantitative estimate of drug-likeness (QED) is 0.808. The number of hydrogen-bond acceptors (Lipinski definition) is 3. The molecule has 1 saturated heterocycles. The number of halogens is 1. The molecule has 0 spiro atoms. The molecular weight excluding hydrogens is 360 g/mol. The van der Waals surface area contributed by atoms with Gasteiger partial charge in [0.2, 0.25) is 10.0 Å². The molecule has 1 aliphatic rings. The van der Waals surface area contributed by atoms with Crippen molar-refractivity contribution in [3.05, 3.63) is 28.8 Å². The zero-order valence-electron chi connectivity index (χ0n) is 14.9. The number of carbonyl (C=O) groups is 1. The minimum atomic E-state index is -3.60. The molecule has 1 aliphatic heterocycles. The van der Waals surface area contributed by atoms with Crippen LogP contribution < -0.4 is 5.32 Å². The van der Waals surface area contributed by atoms with Crippen LogP contribution in [0.1, 0.15) is 62.7 Å². The maximum atomic E-state index is 12.9. The summed E-state index contributed by atoms with van der Waals surface area (Å²) in [6.45, 7) is 5.02. The van der Waals surface area contributed by atoms with Crippen LogP contribution in [0, 0.1) is 0 Å². The largest absolute Gasteiger partial charge is 0.350 e. The first-order valence-corrected chi connectivity index (χ1v) is 10.8. The molecule has 1 aromatic carbocycles. The number of rotatable bonds is 6. The Labute approximate surface area is 155 Å². The van der Waals surface area contributed by atoms with E-state index < -0.39 is 10.0 Å². The molecule has 25 heavy (non-hydrogen) atoms. The van der Waals surface area contributed by atoms with Gasteiger partial charge in [0.15, 0.2) is 0 Å². The molecule has 1 aromatic rings. The molecule has 0 aliphatic carbocycles. The van der Waals surface area contributed by atoms with Gasteiger partial charge >= 0.3 is 0 Å². The average Bonchev–Trinajstić information content (AvgIpc) is 2.85. The zero-order valence-corrected chi connectivity index (χ0v) is 16.5. The van der Waals surface area contributed by atoms with Gasteiger partial charge in [0, 0.05) is 19.1 Å². The number of amides is 1. The van der Waals surface area contributed by atoms with Crippen LogP contribution in [0.2, 0.25) is 5.02 Å². The summed E-state index contributed by atoms with van der Waals surface area (Å²) in [6.07, 6.45) is 5.66. The summed E-state index contributed by atoms with van der Waals surface area (Å²) in [4.78, 5) is 12.6. The predicted octanol–water partition coefficient (Wildman–Crippen LogP) is 3.82. The van der Waals surface area contributed by atoms with E-state index in [1.807, 2.05) is 13.8 Å². The van der Waals surface area contributed by atoms with Crippen molar-refractivity contribution < 1.29 is 13.2 Å². The van der Waals surface area contributed by atoms with Crippen molar-refractivity contribution in [2.45, 2.75) is 63.3 Å². The van der Waals surface area contributed by atoms with Crippen LogP contribution in [0.4, 0.5) is 0 Å². The number of hydrogen-bond donors (Lipinski definition) is 1. The predicted molar refractivity (Wildman–Crippen MR) is 101 cm³/mol. The number of nitrogens with zero attached hydrogens (tertiary/aromatic N) is 1. The standard InChI is InChI=1S/C18H27ClN2O3S/c1-3-8-14(2)20-18(22)16-13-15(9-10-17(16)19)25(23,24)21-11-6-4-5-7-12-21/h9-10,13-14H,3-8,11-12H2,1-2H3,(H,20,22). The first-order chi connectivity index (χ1) is 11.9. The van der Waals surface area contributed by atoms with E-state index in [0.29, 0.717) is 13.1 Å². The summed E-state index contributed by atoms with van der Waals surface area (Å²) < 4.78 is 27.3. The lowest BCUT2D eigenvalue weighted by Gasteiger charge is -2.20. The van der Waals surface area contributed by atoms with Gasteiger partial charge in [0.05, 0.1) is 15.5 Å². The molecule has 0 aromatic heterocycles. The van der Waals surface area contributed by atoms with Crippen molar-refractivity contribution in [3.8, 4) is 0 Å². The van der Waals surface area contributed by atoms with E-state index >= 15 is 0 Å². The van der Waals surface area contributed by atoms with Gasteiger partial charge in [-0.25, -0.2) is 8.42 Å². The summed E-state index contributed by atoms with van der Waals surface area (Å²) in [5.41, 5.74) is 0.209. The Kier molecular flexibility index (Phi) is 7.28. The highest BCUT2D eigenvalue weighted by Gasteiger charge is 2.26. The second-order valence-electron chi connectivity index (χ2n) is 6.62. The third-order valence-corrected chi connectivity index (χ3v) is 6.71. The van der Waals surface area contributed by atoms with Crippen LogP contribution in [0.3, 0.4) is 0 Å². The topological polar surface area (TPSA) is 66.5 Å². The first kappa shape index (κ1) is 20.2. The normalized spacial score (nSPS) is 17.7. The Morgan fingerprint density at radius 2 is 1.88 bits per heavy atom. The second kappa shape index (κ2) is 9.01. The van der Waals surface area contributed by atoms with Crippen LogP contribution in [-0.2, 0) is 10.0 Å². The highest BCUT2D eigenvalue weighted by atomic mass is 35.5. The maximum absolute atomic E-state index is 12.9. The molecule has 1 fully saturated rings. The van der Waals surface area contributed by atoms with Crippen molar-refractivity contribution in [2.75, 3.05) is 13.1 Å². The van der Waals surface area contributed by atoms with E-state index in [2.05, 4.69) is 5.32 Å². The van der Waals surface area contributed by atoms with Gasteiger partial charge < -0.3 is 5.32 Å². The van der Waals surface area contributed by atoms with Crippen molar-refractivity contribution >= 4 is 27.5 Å². The van der Waals surface area contributed by atoms with Gasteiger partial charge in [0.25, 0.3) is 5.91 Å². The molecular formula is C18H27ClN2O3S. The van der Waals surface area contributed by atoms with Crippen molar-refractivity contribution in [1.82, 2.24) is 9.62 Å². The van der Waals surface area contributed by atoms with Crippen molar-refractivity contribution in [1.29, 1.82) is 0 Å². The van der Waals surface area contributed by atoms with E-state index in [4.69, 9.17) is 11.6 Å². The van der Waals surface area contributed by atoms with Gasteiger partial charge in [-0.2, -0.15) is 4.31 Å². The van der Waals surface area contributed by atoms with Crippen LogP contribution in [-0.4, -0.2) is 37.8 Å². The molecule has 0 saturated carbocycles. The fourth-order valence-corrected chi connectivity index (χ4v) is 4.82. The Balaban J connectivity index is 2.26. The van der Waals surface area contributed by atoms with E-state index in [1.165, 1.54) is 22.5 Å². The van der Waals surface area contributed by atoms with E-state index in [1.54, 1.807) is 0 Å². The molecule has 0 bridgehead atoms. The minimum absolute atomic E-state index is 0.0134. The third-order valence-electron chi connectivity index (χ3n) is 4.48. The van der Waals surface area contributed by atoms with E-state index in [0.717, 1.165) is 38.5 Å². The summed E-state index contributed by atoms with van der Waals surface area (Å²) >= 11 is 6.14. The highest BCUT2D eigenvalue weighted by molar-refractivity contribution is 7.89. The molecule has 0 radical (unpaired) electrons. The monoisotopic (exact) mass is 386 g/mol.